The van der Waals surface area contributed by atoms with Crippen molar-refractivity contribution >= 4 is 0 Å². The maximum absolute atomic E-state index is 12.0. The molecule has 1 aromatic carbocycles. The third kappa shape index (κ3) is 1.85. The van der Waals surface area contributed by atoms with Crippen LogP contribution in [-0.2, 0) is 22.4 Å². The van der Waals surface area contributed by atoms with Crippen LogP contribution >= 0.6 is 0 Å². The summed E-state index contributed by atoms with van der Waals surface area (Å²) in [7, 11) is 0. The maximum atomic E-state index is 12.0. The molecule has 12 heavy (non-hydrogen) atoms. The molecule has 0 atom stereocenters. The van der Waals surface area contributed by atoms with Gasteiger partial charge in [0.15, 0.2) is 0 Å². The van der Waals surface area contributed by atoms with Crippen molar-refractivity contribution in [3.63, 3.8) is 0 Å². The quantitative estimate of drug-likeness (QED) is 0.218. The fourth-order valence-electron chi connectivity index (χ4n) is 0.495. The molecule has 0 spiro atoms. The molecule has 0 heterocycles. The van der Waals surface area contributed by atoms with Gasteiger partial charge in [-0.25, -0.2) is 13.2 Å². The molecule has 0 bridgehead atoms. The smallest absolute Gasteiger partial charge is 0.278 e. The van der Waals surface area contributed by atoms with Crippen molar-refractivity contribution in [3.05, 3.63) is 35.2 Å². The van der Waals surface area contributed by atoms with Crippen molar-refractivity contribution in [1.82, 2.24) is 0 Å². The molecular formula is C6AuF5. The zero-order valence-electron chi connectivity index (χ0n) is 5.19. The monoisotopic (exact) mass is 364 g/mol. The summed E-state index contributed by atoms with van der Waals surface area (Å²) in [6.45, 7) is 0. The SMILES string of the molecule is Fc1[c-]c(F)c(F)c(F)c1F.[Au+]. The average molecular weight is 364 g/mol. The minimum Gasteiger partial charge on any atom is -0.278 e. The molecule has 0 radical (unpaired) electrons. The van der Waals surface area contributed by atoms with Gasteiger partial charge >= 0.3 is 22.4 Å². The van der Waals surface area contributed by atoms with Gasteiger partial charge < -0.3 is 0 Å². The third-order valence-corrected chi connectivity index (χ3v) is 0.990. The molecule has 0 aromatic heterocycles. The molecule has 0 aliphatic carbocycles. The van der Waals surface area contributed by atoms with Crippen LogP contribution in [0, 0.1) is 35.2 Å². The van der Waals surface area contributed by atoms with Crippen LogP contribution in [0.1, 0.15) is 0 Å². The van der Waals surface area contributed by atoms with Gasteiger partial charge in [0, 0.05) is 0 Å². The molecule has 0 aliphatic rings. The molecule has 6 heteroatoms. The standard InChI is InChI=1S/C6F5.Au/c7-2-1-3(8)5(10)6(11)4(2)9;/q-1;+1. The molecule has 0 saturated carbocycles. The van der Waals surface area contributed by atoms with Gasteiger partial charge in [0.25, 0.3) is 0 Å². The first-order valence-electron chi connectivity index (χ1n) is 2.44. The molecule has 0 aliphatic heterocycles. The van der Waals surface area contributed by atoms with E-state index in [0.717, 1.165) is 6.07 Å². The Hall–Kier alpha value is -0.390. The summed E-state index contributed by atoms with van der Waals surface area (Å²) in [4.78, 5) is 0. The van der Waals surface area contributed by atoms with Crippen LogP contribution < -0.4 is 0 Å². The summed E-state index contributed by atoms with van der Waals surface area (Å²) in [5.74, 6) is -10.0. The molecule has 70 valence electrons. The fourth-order valence-corrected chi connectivity index (χ4v) is 0.495. The van der Waals surface area contributed by atoms with E-state index < -0.39 is 29.1 Å². The van der Waals surface area contributed by atoms with E-state index >= 15 is 0 Å². The van der Waals surface area contributed by atoms with E-state index in [1.54, 1.807) is 0 Å². The Kier molecular flexibility index (Phi) is 3.89. The summed E-state index contributed by atoms with van der Waals surface area (Å²) in [6, 6.07) is 1.02. The van der Waals surface area contributed by atoms with Crippen molar-refractivity contribution in [1.29, 1.82) is 0 Å². The molecule has 0 amide bonds. The van der Waals surface area contributed by atoms with Crippen LogP contribution in [0.25, 0.3) is 0 Å². The topological polar surface area (TPSA) is 0 Å². The normalized spacial score (nSPS) is 9.42. The molecule has 1 rings (SSSR count). The van der Waals surface area contributed by atoms with Gasteiger partial charge in [0.2, 0.25) is 0 Å². The van der Waals surface area contributed by atoms with E-state index in [2.05, 4.69) is 0 Å². The maximum Gasteiger partial charge on any atom is 1.00 e. The van der Waals surface area contributed by atoms with Gasteiger partial charge in [-0.05, 0) is 0 Å². The van der Waals surface area contributed by atoms with Crippen LogP contribution in [0.4, 0.5) is 22.0 Å². The Morgan fingerprint density at radius 3 is 1.33 bits per heavy atom. The Labute approximate surface area is 79.9 Å². The number of hydrogen-bond donors (Lipinski definition) is 0. The van der Waals surface area contributed by atoms with E-state index in [-0.39, 0.29) is 22.4 Å². The van der Waals surface area contributed by atoms with E-state index in [9.17, 15) is 22.0 Å². The van der Waals surface area contributed by atoms with Crippen LogP contribution in [0.5, 0.6) is 0 Å². The predicted molar refractivity (Wildman–Crippen MR) is 25.1 cm³/mol. The van der Waals surface area contributed by atoms with Crippen LogP contribution in [0.3, 0.4) is 0 Å². The third-order valence-electron chi connectivity index (χ3n) is 0.990. The molecule has 0 N–H and O–H groups in total. The van der Waals surface area contributed by atoms with Gasteiger partial charge in [-0.2, -0.15) is 0 Å². The van der Waals surface area contributed by atoms with Crippen molar-refractivity contribution in [3.8, 4) is 0 Å². The zero-order valence-corrected chi connectivity index (χ0v) is 7.36. The van der Waals surface area contributed by atoms with Crippen molar-refractivity contribution in [2.45, 2.75) is 0 Å². The summed E-state index contributed by atoms with van der Waals surface area (Å²) < 4.78 is 59.9. The van der Waals surface area contributed by atoms with E-state index in [4.69, 9.17) is 0 Å². The second-order valence-electron chi connectivity index (χ2n) is 1.69. The van der Waals surface area contributed by atoms with Gasteiger partial charge in [-0.1, -0.05) is 0 Å². The van der Waals surface area contributed by atoms with Crippen LogP contribution in [-0.4, -0.2) is 0 Å². The Morgan fingerprint density at radius 1 is 0.667 bits per heavy atom. The second-order valence-corrected chi connectivity index (χ2v) is 1.69. The molecule has 0 saturated heterocycles. The number of halogens is 5. The van der Waals surface area contributed by atoms with E-state index in [1.807, 2.05) is 0 Å². The summed E-state index contributed by atoms with van der Waals surface area (Å²) in [6.07, 6.45) is 0. The van der Waals surface area contributed by atoms with Gasteiger partial charge in [-0.15, -0.1) is 6.07 Å². The van der Waals surface area contributed by atoms with Crippen molar-refractivity contribution < 1.29 is 44.3 Å². The van der Waals surface area contributed by atoms with Gasteiger partial charge in [0.1, 0.15) is 0 Å². The van der Waals surface area contributed by atoms with Crippen LogP contribution in [0.15, 0.2) is 0 Å². The molecule has 0 fully saturated rings. The summed E-state index contributed by atoms with van der Waals surface area (Å²) in [5, 5.41) is 0. The van der Waals surface area contributed by atoms with Crippen LogP contribution in [0.2, 0.25) is 0 Å². The van der Waals surface area contributed by atoms with E-state index in [0.29, 0.717) is 0 Å². The molecular weight excluding hydrogens is 364 g/mol. The first-order valence-corrected chi connectivity index (χ1v) is 2.44. The minimum absolute atomic E-state index is 0. The fraction of sp³-hybridized carbons (Fsp3) is 0. The largest absolute Gasteiger partial charge is 1.00 e. The van der Waals surface area contributed by atoms with E-state index in [1.165, 1.54) is 0 Å². The number of hydrogen-bond acceptors (Lipinski definition) is 0. The Balaban J connectivity index is 0.00000121. The first-order chi connectivity index (χ1) is 5.04. The summed E-state index contributed by atoms with van der Waals surface area (Å²) in [5.41, 5.74) is 0. The van der Waals surface area contributed by atoms with Gasteiger partial charge in [0.05, 0.1) is 29.1 Å². The Bertz CT molecular complexity index is 272. The van der Waals surface area contributed by atoms with Crippen molar-refractivity contribution in [2.75, 3.05) is 0 Å². The molecule has 0 nitrogen and oxygen atoms in total. The first kappa shape index (κ1) is 11.6. The average Bonchev–Trinajstić information content (AvgIpc) is 1.97. The number of benzene rings is 1. The molecule has 0 unspecified atom stereocenters. The minimum atomic E-state index is -2.17. The second kappa shape index (κ2) is 4.02. The Morgan fingerprint density at radius 2 is 1.00 bits per heavy atom. The van der Waals surface area contributed by atoms with Crippen molar-refractivity contribution in [2.24, 2.45) is 0 Å². The summed E-state index contributed by atoms with van der Waals surface area (Å²) >= 11 is 0. The molecule has 1 aromatic rings. The number of rotatable bonds is 0. The predicted octanol–water partition coefficient (Wildman–Crippen LogP) is 2.18. The van der Waals surface area contributed by atoms with Gasteiger partial charge in [-0.3, -0.25) is 8.78 Å². The zero-order chi connectivity index (χ0) is 8.59.